The van der Waals surface area contributed by atoms with E-state index in [1.165, 1.54) is 12.1 Å². The van der Waals surface area contributed by atoms with Crippen molar-refractivity contribution >= 4 is 33.4 Å². The van der Waals surface area contributed by atoms with Gasteiger partial charge in [0.25, 0.3) is 0 Å². The summed E-state index contributed by atoms with van der Waals surface area (Å²) in [6.07, 6.45) is 1.58. The standard InChI is InChI=1S/C12H16N2O4S2/c13-10-7-8(12(15)16)1-2-11(10)20(17,18)14-9-3-5-19-6-4-9/h1-2,7,9,14H,3-6,13H2,(H,15,16). The average molecular weight is 316 g/mol. The van der Waals surface area contributed by atoms with Crippen molar-refractivity contribution in [3.05, 3.63) is 23.8 Å². The Labute approximate surface area is 121 Å². The van der Waals surface area contributed by atoms with Gasteiger partial charge in [-0.3, -0.25) is 0 Å². The number of hydrogen-bond acceptors (Lipinski definition) is 5. The number of carboxylic acids is 1. The first-order valence-corrected chi connectivity index (χ1v) is 8.77. The zero-order valence-electron chi connectivity index (χ0n) is 10.7. The van der Waals surface area contributed by atoms with Crippen molar-refractivity contribution in [1.29, 1.82) is 0 Å². The molecule has 1 heterocycles. The van der Waals surface area contributed by atoms with Gasteiger partial charge in [0.1, 0.15) is 4.90 Å². The number of aromatic carboxylic acids is 1. The fourth-order valence-corrected chi connectivity index (χ4v) is 4.55. The van der Waals surface area contributed by atoms with Crippen LogP contribution in [0.3, 0.4) is 0 Å². The maximum absolute atomic E-state index is 12.3. The predicted octanol–water partition coefficient (Wildman–Crippen LogP) is 1.14. The SMILES string of the molecule is Nc1cc(C(=O)O)ccc1S(=O)(=O)NC1CCSCC1. The van der Waals surface area contributed by atoms with Crippen LogP contribution in [0, 0.1) is 0 Å². The highest BCUT2D eigenvalue weighted by Crippen LogP contribution is 2.23. The van der Waals surface area contributed by atoms with E-state index in [9.17, 15) is 13.2 Å². The number of nitrogen functional groups attached to an aromatic ring is 1. The van der Waals surface area contributed by atoms with Crippen LogP contribution in [0.15, 0.2) is 23.1 Å². The molecule has 0 spiro atoms. The molecule has 2 rings (SSSR count). The number of thioether (sulfide) groups is 1. The Hall–Kier alpha value is -1.25. The van der Waals surface area contributed by atoms with Gasteiger partial charge in [0, 0.05) is 6.04 Å². The molecule has 1 saturated heterocycles. The van der Waals surface area contributed by atoms with Gasteiger partial charge in [-0.05, 0) is 42.5 Å². The van der Waals surface area contributed by atoms with E-state index >= 15 is 0 Å². The van der Waals surface area contributed by atoms with Crippen LogP contribution in [0.25, 0.3) is 0 Å². The molecule has 0 saturated carbocycles. The minimum Gasteiger partial charge on any atom is -0.478 e. The lowest BCUT2D eigenvalue weighted by Gasteiger charge is -2.22. The second kappa shape index (κ2) is 6.02. The Morgan fingerprint density at radius 3 is 2.55 bits per heavy atom. The third-order valence-electron chi connectivity index (χ3n) is 3.09. The number of hydrogen-bond donors (Lipinski definition) is 3. The zero-order chi connectivity index (χ0) is 14.8. The Bertz CT molecular complexity index is 610. The van der Waals surface area contributed by atoms with Gasteiger partial charge in [-0.2, -0.15) is 11.8 Å². The van der Waals surface area contributed by atoms with Crippen molar-refractivity contribution in [1.82, 2.24) is 4.72 Å². The van der Waals surface area contributed by atoms with Crippen LogP contribution in [0.5, 0.6) is 0 Å². The van der Waals surface area contributed by atoms with Crippen LogP contribution < -0.4 is 10.5 Å². The number of carboxylic acid groups (broad SMARTS) is 1. The quantitative estimate of drug-likeness (QED) is 0.719. The second-order valence-corrected chi connectivity index (χ2v) is 7.47. The van der Waals surface area contributed by atoms with Crippen molar-refractivity contribution in [2.75, 3.05) is 17.2 Å². The van der Waals surface area contributed by atoms with Gasteiger partial charge >= 0.3 is 5.97 Å². The van der Waals surface area contributed by atoms with Gasteiger partial charge in [0.2, 0.25) is 10.0 Å². The molecule has 1 aromatic carbocycles. The number of anilines is 1. The molecule has 1 aliphatic heterocycles. The Morgan fingerprint density at radius 1 is 1.35 bits per heavy atom. The van der Waals surface area contributed by atoms with E-state index < -0.39 is 16.0 Å². The normalized spacial score (nSPS) is 17.0. The molecule has 6 nitrogen and oxygen atoms in total. The molecule has 0 amide bonds. The summed E-state index contributed by atoms with van der Waals surface area (Å²) in [5.41, 5.74) is 5.58. The van der Waals surface area contributed by atoms with Crippen LogP contribution in [-0.2, 0) is 10.0 Å². The van der Waals surface area contributed by atoms with Gasteiger partial charge in [-0.15, -0.1) is 0 Å². The van der Waals surface area contributed by atoms with Gasteiger partial charge < -0.3 is 10.8 Å². The molecule has 1 aromatic rings. The van der Waals surface area contributed by atoms with Crippen LogP contribution >= 0.6 is 11.8 Å². The smallest absolute Gasteiger partial charge is 0.335 e. The average Bonchev–Trinajstić information content (AvgIpc) is 2.38. The predicted molar refractivity (Wildman–Crippen MR) is 78.5 cm³/mol. The van der Waals surface area contributed by atoms with Crippen LogP contribution in [0.2, 0.25) is 0 Å². The Kier molecular flexibility index (Phi) is 4.56. The highest BCUT2D eigenvalue weighted by atomic mass is 32.2. The highest BCUT2D eigenvalue weighted by Gasteiger charge is 2.24. The van der Waals surface area contributed by atoms with E-state index in [2.05, 4.69) is 4.72 Å². The summed E-state index contributed by atoms with van der Waals surface area (Å²) < 4.78 is 27.1. The highest BCUT2D eigenvalue weighted by molar-refractivity contribution is 7.99. The topological polar surface area (TPSA) is 109 Å². The molecule has 1 aliphatic rings. The second-order valence-electron chi connectivity index (χ2n) is 4.57. The lowest BCUT2D eigenvalue weighted by molar-refractivity contribution is 0.0697. The van der Waals surface area contributed by atoms with Gasteiger partial charge in [-0.25, -0.2) is 17.9 Å². The maximum Gasteiger partial charge on any atom is 0.335 e. The van der Waals surface area contributed by atoms with Gasteiger partial charge in [0.05, 0.1) is 11.3 Å². The summed E-state index contributed by atoms with van der Waals surface area (Å²) in [5, 5.41) is 8.84. The fourth-order valence-electron chi connectivity index (χ4n) is 2.02. The largest absolute Gasteiger partial charge is 0.478 e. The number of benzene rings is 1. The molecule has 0 aromatic heterocycles. The summed E-state index contributed by atoms with van der Waals surface area (Å²) in [4.78, 5) is 10.7. The molecular formula is C12H16N2O4S2. The van der Waals surface area contributed by atoms with E-state index in [1.807, 2.05) is 0 Å². The van der Waals surface area contributed by atoms with E-state index in [0.29, 0.717) is 0 Å². The lowest BCUT2D eigenvalue weighted by Crippen LogP contribution is -2.37. The molecule has 0 unspecified atom stereocenters. The Morgan fingerprint density at radius 2 is 2.00 bits per heavy atom. The van der Waals surface area contributed by atoms with Crippen molar-refractivity contribution in [2.45, 2.75) is 23.8 Å². The number of carbonyl (C=O) groups is 1. The Balaban J connectivity index is 2.22. The summed E-state index contributed by atoms with van der Waals surface area (Å²) in [7, 11) is -3.71. The monoisotopic (exact) mass is 316 g/mol. The summed E-state index contributed by atoms with van der Waals surface area (Å²) in [6.45, 7) is 0. The first kappa shape index (κ1) is 15.1. The number of nitrogens with two attached hydrogens (primary N) is 1. The van der Waals surface area contributed by atoms with E-state index in [1.54, 1.807) is 11.8 Å². The molecule has 0 bridgehead atoms. The molecular weight excluding hydrogens is 300 g/mol. The van der Waals surface area contributed by atoms with E-state index in [-0.39, 0.29) is 22.2 Å². The van der Waals surface area contributed by atoms with E-state index in [4.69, 9.17) is 10.8 Å². The molecule has 20 heavy (non-hydrogen) atoms. The van der Waals surface area contributed by atoms with Crippen molar-refractivity contribution in [3.8, 4) is 0 Å². The molecule has 0 aliphatic carbocycles. The summed E-state index contributed by atoms with van der Waals surface area (Å²) in [5.74, 6) is 0.722. The van der Waals surface area contributed by atoms with Crippen molar-refractivity contribution < 1.29 is 18.3 Å². The molecule has 1 fully saturated rings. The first-order valence-electron chi connectivity index (χ1n) is 6.13. The molecule has 4 N–H and O–H groups in total. The number of sulfonamides is 1. The summed E-state index contributed by atoms with van der Waals surface area (Å²) in [6, 6.07) is 3.55. The summed E-state index contributed by atoms with van der Waals surface area (Å²) >= 11 is 1.80. The van der Waals surface area contributed by atoms with Gasteiger partial charge in [0.15, 0.2) is 0 Å². The van der Waals surface area contributed by atoms with Gasteiger partial charge in [-0.1, -0.05) is 0 Å². The number of rotatable bonds is 4. The molecule has 0 radical (unpaired) electrons. The zero-order valence-corrected chi connectivity index (χ0v) is 12.3. The lowest BCUT2D eigenvalue weighted by atomic mass is 10.2. The molecule has 0 atom stereocenters. The third-order valence-corrected chi connectivity index (χ3v) is 5.73. The number of nitrogens with one attached hydrogen (secondary N) is 1. The fraction of sp³-hybridized carbons (Fsp3) is 0.417. The van der Waals surface area contributed by atoms with E-state index in [0.717, 1.165) is 30.4 Å². The molecule has 8 heteroatoms. The van der Waals surface area contributed by atoms with Crippen molar-refractivity contribution in [2.24, 2.45) is 0 Å². The van der Waals surface area contributed by atoms with Crippen molar-refractivity contribution in [3.63, 3.8) is 0 Å². The van der Waals surface area contributed by atoms with Crippen LogP contribution in [0.1, 0.15) is 23.2 Å². The minimum absolute atomic E-state index is 0.0319. The van der Waals surface area contributed by atoms with Crippen LogP contribution in [0.4, 0.5) is 5.69 Å². The van der Waals surface area contributed by atoms with Crippen LogP contribution in [-0.4, -0.2) is 37.0 Å². The minimum atomic E-state index is -3.71. The maximum atomic E-state index is 12.3. The molecule has 110 valence electrons. The third kappa shape index (κ3) is 3.44. The first-order chi connectivity index (χ1) is 9.40.